The molecule has 2 saturated heterocycles. The van der Waals surface area contributed by atoms with Crippen molar-refractivity contribution in [2.45, 2.75) is 26.9 Å². The van der Waals surface area contributed by atoms with Crippen LogP contribution in [0, 0.1) is 19.3 Å². The number of hydrogen-bond donors (Lipinski definition) is 1. The third-order valence-electron chi connectivity index (χ3n) is 7.26. The first-order valence-electron chi connectivity index (χ1n) is 12.2. The van der Waals surface area contributed by atoms with Crippen molar-refractivity contribution in [3.63, 3.8) is 0 Å². The summed E-state index contributed by atoms with van der Waals surface area (Å²) in [5, 5.41) is 16.7. The van der Waals surface area contributed by atoms with Gasteiger partial charge >= 0.3 is 6.09 Å². The summed E-state index contributed by atoms with van der Waals surface area (Å²) in [6.07, 6.45) is 4.91. The number of aryl methyl sites for hydroxylation is 2. The molecule has 190 valence electrons. The van der Waals surface area contributed by atoms with E-state index < -0.39 is 0 Å². The van der Waals surface area contributed by atoms with Gasteiger partial charge in [-0.05, 0) is 44.5 Å². The molecule has 0 bridgehead atoms. The van der Waals surface area contributed by atoms with Crippen LogP contribution in [0.2, 0.25) is 0 Å². The van der Waals surface area contributed by atoms with Gasteiger partial charge in [-0.25, -0.2) is 14.8 Å². The molecule has 0 aliphatic carbocycles. The highest BCUT2D eigenvalue weighted by molar-refractivity contribution is 5.93. The van der Waals surface area contributed by atoms with E-state index in [-0.39, 0.29) is 17.6 Å². The number of aromatic nitrogens is 6. The molecule has 1 spiro atoms. The molecule has 5 heterocycles. The Hall–Kier alpha value is -4.28. The number of carbonyl (C=O) groups is 1. The maximum Gasteiger partial charge on any atom is 0.409 e. The van der Waals surface area contributed by atoms with E-state index in [0.717, 1.165) is 57.8 Å². The minimum Gasteiger partial charge on any atom is -0.486 e. The van der Waals surface area contributed by atoms with Crippen LogP contribution in [0.1, 0.15) is 29.8 Å². The van der Waals surface area contributed by atoms with Crippen LogP contribution < -0.4 is 9.64 Å². The van der Waals surface area contributed by atoms with Gasteiger partial charge in [-0.2, -0.15) is 15.3 Å². The van der Waals surface area contributed by atoms with Crippen LogP contribution in [0.25, 0.3) is 22.2 Å². The lowest BCUT2D eigenvalue weighted by molar-refractivity contribution is -0.0156. The second kappa shape index (κ2) is 8.68. The minimum absolute atomic E-state index is 0.131. The zero-order valence-corrected chi connectivity index (χ0v) is 21.2. The zero-order chi connectivity index (χ0) is 25.7. The third-order valence-corrected chi connectivity index (χ3v) is 7.26. The lowest BCUT2D eigenvalue weighted by Gasteiger charge is -2.59. The second-order valence-electron chi connectivity index (χ2n) is 10.0. The number of amides is 1. The Morgan fingerprint density at radius 3 is 2.57 bits per heavy atom. The fraction of sp³-hybridized carbons (Fsp3) is 0.385. The summed E-state index contributed by atoms with van der Waals surface area (Å²) >= 11 is 0. The Labute approximate surface area is 213 Å². The topological polar surface area (TPSA) is 122 Å². The first-order chi connectivity index (χ1) is 17.9. The number of ether oxygens (including phenoxy) is 2. The molecule has 1 N–H and O–H groups in total. The van der Waals surface area contributed by atoms with Gasteiger partial charge in [-0.15, -0.1) is 0 Å². The predicted octanol–water partition coefficient (Wildman–Crippen LogP) is 3.46. The molecule has 0 unspecified atom stereocenters. The molecule has 1 atom stereocenters. The van der Waals surface area contributed by atoms with Crippen molar-refractivity contribution in [3.8, 4) is 17.0 Å². The predicted molar refractivity (Wildman–Crippen MR) is 136 cm³/mol. The number of H-pyrrole nitrogens is 1. The lowest BCUT2D eigenvalue weighted by Crippen LogP contribution is -2.73. The van der Waals surface area contributed by atoms with Crippen LogP contribution >= 0.6 is 0 Å². The van der Waals surface area contributed by atoms with Crippen molar-refractivity contribution < 1.29 is 14.3 Å². The van der Waals surface area contributed by atoms with Crippen LogP contribution in [0.5, 0.6) is 5.75 Å². The van der Waals surface area contributed by atoms with Crippen molar-refractivity contribution in [1.29, 1.82) is 0 Å². The molecule has 3 aromatic heterocycles. The average molecular weight is 501 g/mol. The quantitative estimate of drug-likeness (QED) is 0.439. The molecular formula is C26H28N8O3. The molecule has 2 aliphatic rings. The Bertz CT molecular complexity index is 1450. The number of likely N-dealkylation sites (tertiary alicyclic amines) is 1. The summed E-state index contributed by atoms with van der Waals surface area (Å²) in [7, 11) is 1.41. The molecule has 11 nitrogen and oxygen atoms in total. The highest BCUT2D eigenvalue weighted by atomic mass is 16.5. The normalized spacial score (nSPS) is 16.9. The minimum atomic E-state index is -0.265. The molecule has 0 radical (unpaired) electrons. The van der Waals surface area contributed by atoms with E-state index in [9.17, 15) is 4.79 Å². The maximum atomic E-state index is 11.6. The second-order valence-corrected chi connectivity index (χ2v) is 10.0. The first-order valence-corrected chi connectivity index (χ1v) is 12.2. The van der Waals surface area contributed by atoms with Gasteiger partial charge in [0.05, 0.1) is 24.5 Å². The molecular weight excluding hydrogens is 472 g/mol. The standard InChI is InChI=1S/C26H28N8O3/c1-15-8-29-30-16(2)22(15)17(3)37-19-5-6-21-20(7-19)23(32-31-21)18-9-27-24(28-10-18)33-11-26(12-33)13-34(14-26)25(35)36-4/h5-10,17H,11-14H2,1-4H3,(H,31,32)/t17-/m1/s1. The number of carbonyl (C=O) groups excluding carboxylic acids is 1. The summed E-state index contributed by atoms with van der Waals surface area (Å²) in [5.41, 5.74) is 5.58. The number of rotatable bonds is 5. The highest BCUT2D eigenvalue weighted by Crippen LogP contribution is 2.41. The van der Waals surface area contributed by atoms with Crippen molar-refractivity contribution in [3.05, 3.63) is 53.6 Å². The van der Waals surface area contributed by atoms with Crippen molar-refractivity contribution >= 4 is 22.9 Å². The van der Waals surface area contributed by atoms with Gasteiger partial charge in [0.2, 0.25) is 5.95 Å². The highest BCUT2D eigenvalue weighted by Gasteiger charge is 2.54. The fourth-order valence-electron chi connectivity index (χ4n) is 5.51. The summed E-state index contributed by atoms with van der Waals surface area (Å²) < 4.78 is 11.1. The number of aromatic amines is 1. The van der Waals surface area contributed by atoms with E-state index in [1.165, 1.54) is 7.11 Å². The average Bonchev–Trinajstić information content (AvgIpc) is 3.25. The summed E-state index contributed by atoms with van der Waals surface area (Å²) in [5.74, 6) is 1.42. The summed E-state index contributed by atoms with van der Waals surface area (Å²) in [4.78, 5) is 24.7. The summed E-state index contributed by atoms with van der Waals surface area (Å²) in [6.45, 7) is 9.06. The molecule has 1 aromatic carbocycles. The van der Waals surface area contributed by atoms with Crippen molar-refractivity contribution in [1.82, 2.24) is 35.3 Å². The maximum absolute atomic E-state index is 11.6. The number of nitrogens with one attached hydrogen (secondary N) is 1. The van der Waals surface area contributed by atoms with Crippen LogP contribution in [0.15, 0.2) is 36.8 Å². The molecule has 0 saturated carbocycles. The number of nitrogens with zero attached hydrogens (tertiary/aromatic N) is 7. The van der Waals surface area contributed by atoms with Crippen LogP contribution in [-0.4, -0.2) is 74.6 Å². The third kappa shape index (κ3) is 4.00. The van der Waals surface area contributed by atoms with Gasteiger partial charge < -0.3 is 19.3 Å². The number of fused-ring (bicyclic) bond motifs is 1. The van der Waals surface area contributed by atoms with Gasteiger partial charge in [0.15, 0.2) is 0 Å². The Morgan fingerprint density at radius 1 is 1.11 bits per heavy atom. The van der Waals surface area contributed by atoms with E-state index in [1.54, 1.807) is 23.5 Å². The molecule has 6 rings (SSSR count). The largest absolute Gasteiger partial charge is 0.486 e. The molecule has 2 fully saturated rings. The van der Waals surface area contributed by atoms with E-state index in [0.29, 0.717) is 19.0 Å². The monoisotopic (exact) mass is 500 g/mol. The zero-order valence-electron chi connectivity index (χ0n) is 21.2. The molecule has 11 heteroatoms. The Morgan fingerprint density at radius 2 is 1.86 bits per heavy atom. The van der Waals surface area contributed by atoms with E-state index in [4.69, 9.17) is 9.47 Å². The van der Waals surface area contributed by atoms with E-state index in [1.807, 2.05) is 39.0 Å². The van der Waals surface area contributed by atoms with E-state index in [2.05, 4.69) is 35.3 Å². The van der Waals surface area contributed by atoms with Crippen molar-refractivity contribution in [2.24, 2.45) is 5.41 Å². The number of anilines is 1. The van der Waals surface area contributed by atoms with Crippen LogP contribution in [-0.2, 0) is 4.74 Å². The van der Waals surface area contributed by atoms with Crippen LogP contribution in [0.4, 0.5) is 10.7 Å². The Kier molecular flexibility index (Phi) is 5.43. The van der Waals surface area contributed by atoms with Crippen LogP contribution in [0.3, 0.4) is 0 Å². The van der Waals surface area contributed by atoms with Gasteiger partial charge in [0.25, 0.3) is 0 Å². The number of benzene rings is 1. The summed E-state index contributed by atoms with van der Waals surface area (Å²) in [6, 6.07) is 5.88. The SMILES string of the molecule is COC(=O)N1CC2(C1)CN(c1ncc(-c3n[nH]c4ccc(O[C@H](C)c5c(C)cnnc5C)cc34)cn1)C2. The molecule has 2 aliphatic heterocycles. The molecule has 37 heavy (non-hydrogen) atoms. The van der Waals surface area contributed by atoms with Gasteiger partial charge in [0.1, 0.15) is 17.5 Å². The van der Waals surface area contributed by atoms with Crippen molar-refractivity contribution in [2.75, 3.05) is 38.2 Å². The Balaban J connectivity index is 1.16. The number of methoxy groups -OCH3 is 1. The first kappa shape index (κ1) is 23.1. The van der Waals surface area contributed by atoms with Gasteiger partial charge in [0, 0.05) is 60.5 Å². The van der Waals surface area contributed by atoms with Gasteiger partial charge in [-0.1, -0.05) is 0 Å². The lowest BCUT2D eigenvalue weighted by atomic mass is 9.73. The molecule has 1 amide bonds. The molecule has 4 aromatic rings. The van der Waals surface area contributed by atoms with Gasteiger partial charge in [-0.3, -0.25) is 5.10 Å². The van der Waals surface area contributed by atoms with E-state index >= 15 is 0 Å². The smallest absolute Gasteiger partial charge is 0.409 e. The number of hydrogen-bond acceptors (Lipinski definition) is 9. The fourth-order valence-corrected chi connectivity index (χ4v) is 5.51.